The van der Waals surface area contributed by atoms with Crippen molar-refractivity contribution >= 4 is 11.5 Å². The Balaban J connectivity index is 1.45. The molecule has 0 aromatic carbocycles. The van der Waals surface area contributed by atoms with Gasteiger partial charge in [-0.3, -0.25) is 4.40 Å². The first-order valence-electron chi connectivity index (χ1n) is 7.36. The first kappa shape index (κ1) is 13.4. The van der Waals surface area contributed by atoms with Crippen LogP contribution in [0.1, 0.15) is 25.7 Å². The third-order valence-corrected chi connectivity index (χ3v) is 3.91. The van der Waals surface area contributed by atoms with Crippen molar-refractivity contribution in [2.45, 2.75) is 37.8 Å². The molecule has 108 valence electrons. The summed E-state index contributed by atoms with van der Waals surface area (Å²) in [5.74, 6) is 1.05. The van der Waals surface area contributed by atoms with Gasteiger partial charge < -0.3 is 15.8 Å². The van der Waals surface area contributed by atoms with E-state index in [9.17, 15) is 0 Å². The van der Waals surface area contributed by atoms with Crippen LogP contribution in [0.2, 0.25) is 0 Å². The molecule has 1 aliphatic rings. The van der Waals surface area contributed by atoms with Crippen LogP contribution in [0.25, 0.3) is 5.65 Å². The molecular formula is C15H22N4O. The smallest absolute Gasteiger partial charge is 0.138 e. The predicted octanol–water partition coefficient (Wildman–Crippen LogP) is 2.03. The topological polar surface area (TPSA) is 64.6 Å². The molecule has 0 amide bonds. The van der Waals surface area contributed by atoms with Gasteiger partial charge in [0, 0.05) is 25.0 Å². The lowest BCUT2D eigenvalue weighted by atomic mass is 9.94. The van der Waals surface area contributed by atoms with E-state index in [1.165, 1.54) is 0 Å². The Labute approximate surface area is 119 Å². The van der Waals surface area contributed by atoms with Crippen molar-refractivity contribution in [1.29, 1.82) is 0 Å². The largest absolute Gasteiger partial charge is 0.376 e. The van der Waals surface area contributed by atoms with Crippen molar-refractivity contribution in [3.8, 4) is 0 Å². The highest BCUT2D eigenvalue weighted by Gasteiger charge is 2.18. The molecule has 0 radical (unpaired) electrons. The monoisotopic (exact) mass is 274 g/mol. The van der Waals surface area contributed by atoms with Gasteiger partial charge in [0.25, 0.3) is 0 Å². The molecule has 5 nitrogen and oxygen atoms in total. The van der Waals surface area contributed by atoms with Crippen LogP contribution in [-0.2, 0) is 4.74 Å². The minimum absolute atomic E-state index is 0.381. The van der Waals surface area contributed by atoms with Gasteiger partial charge in [-0.05, 0) is 37.8 Å². The number of hydrogen-bond acceptors (Lipinski definition) is 4. The summed E-state index contributed by atoms with van der Waals surface area (Å²) in [6.45, 7) is 1.53. The van der Waals surface area contributed by atoms with Crippen molar-refractivity contribution in [3.63, 3.8) is 0 Å². The van der Waals surface area contributed by atoms with Crippen molar-refractivity contribution in [1.82, 2.24) is 9.38 Å². The number of imidazole rings is 1. The van der Waals surface area contributed by atoms with Crippen molar-refractivity contribution < 1.29 is 4.74 Å². The van der Waals surface area contributed by atoms with Crippen LogP contribution in [0, 0.1) is 0 Å². The Morgan fingerprint density at radius 2 is 2.15 bits per heavy atom. The molecule has 2 aromatic heterocycles. The van der Waals surface area contributed by atoms with E-state index in [0.717, 1.165) is 50.3 Å². The molecule has 5 heteroatoms. The molecule has 0 atom stereocenters. The van der Waals surface area contributed by atoms with E-state index in [1.54, 1.807) is 0 Å². The maximum atomic E-state index is 5.90. The van der Waals surface area contributed by atoms with Crippen LogP contribution in [-0.4, -0.2) is 34.7 Å². The number of aromatic nitrogens is 2. The van der Waals surface area contributed by atoms with Crippen LogP contribution < -0.4 is 11.1 Å². The maximum absolute atomic E-state index is 5.90. The molecule has 0 bridgehead atoms. The average molecular weight is 274 g/mol. The SMILES string of the molecule is NC1CCC(OCCNc2cccc3nccn23)CC1. The quantitative estimate of drug-likeness (QED) is 0.819. The Morgan fingerprint density at radius 1 is 1.30 bits per heavy atom. The molecule has 1 aliphatic carbocycles. The number of pyridine rings is 1. The van der Waals surface area contributed by atoms with Crippen LogP contribution >= 0.6 is 0 Å². The molecular weight excluding hydrogens is 252 g/mol. The zero-order valence-corrected chi connectivity index (χ0v) is 11.7. The molecule has 0 unspecified atom stereocenters. The minimum Gasteiger partial charge on any atom is -0.376 e. The van der Waals surface area contributed by atoms with Crippen molar-refractivity contribution in [2.24, 2.45) is 5.73 Å². The number of ether oxygens (including phenoxy) is 1. The highest BCUT2D eigenvalue weighted by Crippen LogP contribution is 2.19. The zero-order chi connectivity index (χ0) is 13.8. The van der Waals surface area contributed by atoms with Gasteiger partial charge >= 0.3 is 0 Å². The number of nitrogens with two attached hydrogens (primary N) is 1. The highest BCUT2D eigenvalue weighted by atomic mass is 16.5. The molecule has 0 spiro atoms. The molecule has 1 fully saturated rings. The van der Waals surface area contributed by atoms with Gasteiger partial charge in [0.1, 0.15) is 11.5 Å². The Hall–Kier alpha value is -1.59. The minimum atomic E-state index is 0.381. The van der Waals surface area contributed by atoms with Crippen molar-refractivity contribution in [2.75, 3.05) is 18.5 Å². The highest BCUT2D eigenvalue weighted by molar-refractivity contribution is 5.49. The Morgan fingerprint density at radius 3 is 3.00 bits per heavy atom. The lowest BCUT2D eigenvalue weighted by Gasteiger charge is -2.26. The summed E-state index contributed by atoms with van der Waals surface area (Å²) in [5.41, 5.74) is 6.85. The van der Waals surface area contributed by atoms with Gasteiger partial charge in [-0.15, -0.1) is 0 Å². The van der Waals surface area contributed by atoms with Gasteiger partial charge in [-0.1, -0.05) is 6.07 Å². The summed E-state index contributed by atoms with van der Waals surface area (Å²) < 4.78 is 7.94. The van der Waals surface area contributed by atoms with Crippen LogP contribution in [0.3, 0.4) is 0 Å². The van der Waals surface area contributed by atoms with E-state index in [-0.39, 0.29) is 0 Å². The van der Waals surface area contributed by atoms with Crippen molar-refractivity contribution in [3.05, 3.63) is 30.6 Å². The molecule has 2 aromatic rings. The molecule has 3 N–H and O–H groups in total. The lowest BCUT2D eigenvalue weighted by Crippen LogP contribution is -2.31. The third-order valence-electron chi connectivity index (χ3n) is 3.91. The standard InChI is InChI=1S/C15H22N4O/c16-12-4-6-13(7-5-12)20-11-9-18-15-3-1-2-14-17-8-10-19(14)15/h1-3,8,10,12-13,18H,4-7,9,11,16H2. The van der Waals surface area contributed by atoms with Gasteiger partial charge in [-0.2, -0.15) is 0 Å². The average Bonchev–Trinajstić information content (AvgIpc) is 2.94. The lowest BCUT2D eigenvalue weighted by molar-refractivity contribution is 0.0313. The molecule has 20 heavy (non-hydrogen) atoms. The zero-order valence-electron chi connectivity index (χ0n) is 11.7. The number of rotatable bonds is 5. The van der Waals surface area contributed by atoms with E-state index < -0.39 is 0 Å². The molecule has 2 heterocycles. The van der Waals surface area contributed by atoms with Gasteiger partial charge in [-0.25, -0.2) is 4.98 Å². The van der Waals surface area contributed by atoms with Crippen LogP contribution in [0.15, 0.2) is 30.6 Å². The summed E-state index contributed by atoms with van der Waals surface area (Å²) in [7, 11) is 0. The van der Waals surface area contributed by atoms with E-state index in [0.29, 0.717) is 12.1 Å². The van der Waals surface area contributed by atoms with Gasteiger partial charge in [0.15, 0.2) is 0 Å². The summed E-state index contributed by atoms with van der Waals surface area (Å²) in [6.07, 6.45) is 8.53. The molecule has 0 aliphatic heterocycles. The third kappa shape index (κ3) is 3.11. The number of nitrogens with zero attached hydrogens (tertiary/aromatic N) is 2. The summed E-state index contributed by atoms with van der Waals surface area (Å²) in [6, 6.07) is 6.43. The first-order chi connectivity index (χ1) is 9.83. The summed E-state index contributed by atoms with van der Waals surface area (Å²) in [4.78, 5) is 4.27. The second-order valence-corrected chi connectivity index (χ2v) is 5.40. The number of fused-ring (bicyclic) bond motifs is 1. The number of anilines is 1. The fraction of sp³-hybridized carbons (Fsp3) is 0.533. The van der Waals surface area contributed by atoms with E-state index in [4.69, 9.17) is 10.5 Å². The number of hydrogen-bond donors (Lipinski definition) is 2. The second-order valence-electron chi connectivity index (χ2n) is 5.40. The van der Waals surface area contributed by atoms with E-state index in [2.05, 4.69) is 10.3 Å². The summed E-state index contributed by atoms with van der Waals surface area (Å²) in [5, 5.41) is 3.40. The Bertz CT molecular complexity index is 546. The van der Waals surface area contributed by atoms with Crippen LogP contribution in [0.4, 0.5) is 5.82 Å². The Kier molecular flexibility index (Phi) is 4.18. The van der Waals surface area contributed by atoms with Crippen LogP contribution in [0.5, 0.6) is 0 Å². The fourth-order valence-electron chi connectivity index (χ4n) is 2.75. The fourth-order valence-corrected chi connectivity index (χ4v) is 2.75. The maximum Gasteiger partial charge on any atom is 0.138 e. The molecule has 0 saturated heterocycles. The predicted molar refractivity (Wildman–Crippen MR) is 79.9 cm³/mol. The normalized spacial score (nSPS) is 23.1. The molecule has 1 saturated carbocycles. The number of nitrogens with one attached hydrogen (secondary N) is 1. The van der Waals surface area contributed by atoms with Gasteiger partial charge in [0.05, 0.1) is 12.7 Å². The van der Waals surface area contributed by atoms with E-state index >= 15 is 0 Å². The van der Waals surface area contributed by atoms with E-state index in [1.807, 2.05) is 35.0 Å². The van der Waals surface area contributed by atoms with Gasteiger partial charge in [0.2, 0.25) is 0 Å². The summed E-state index contributed by atoms with van der Waals surface area (Å²) >= 11 is 0. The first-order valence-corrected chi connectivity index (χ1v) is 7.36. The molecule has 3 rings (SSSR count). The second kappa shape index (κ2) is 6.24.